The number of imidazole rings is 1. The first-order valence-electron chi connectivity index (χ1n) is 10.9. The van der Waals surface area contributed by atoms with Gasteiger partial charge in [-0.3, -0.25) is 4.79 Å². The molecule has 1 aliphatic rings. The number of carboxylic acid groups (broad SMARTS) is 1. The molecule has 1 aromatic heterocycles. The fourth-order valence-electron chi connectivity index (χ4n) is 4.61. The highest BCUT2D eigenvalue weighted by atomic mass is 19.4. The summed E-state index contributed by atoms with van der Waals surface area (Å²) in [4.78, 5) is 16.0. The third-order valence-corrected chi connectivity index (χ3v) is 6.11. The number of carboxylic acids is 1. The van der Waals surface area contributed by atoms with Crippen LogP contribution in [0.2, 0.25) is 0 Å². The quantitative estimate of drug-likeness (QED) is 0.446. The van der Waals surface area contributed by atoms with Crippen LogP contribution in [0.5, 0.6) is 5.75 Å². The van der Waals surface area contributed by atoms with Crippen molar-refractivity contribution in [2.45, 2.75) is 58.4 Å². The lowest BCUT2D eigenvalue weighted by atomic mass is 9.87. The molecule has 6 nitrogen and oxygen atoms in total. The minimum absolute atomic E-state index is 0.0848. The Bertz CT molecular complexity index is 1160. The monoisotopic (exact) mass is 461 g/mol. The van der Waals surface area contributed by atoms with Crippen molar-refractivity contribution in [2.24, 2.45) is 5.92 Å². The van der Waals surface area contributed by atoms with E-state index in [4.69, 9.17) is 4.98 Å². The zero-order chi connectivity index (χ0) is 23.8. The van der Waals surface area contributed by atoms with Gasteiger partial charge >= 0.3 is 12.3 Å². The number of ether oxygens (including phenoxy) is 1. The van der Waals surface area contributed by atoms with Crippen molar-refractivity contribution in [2.75, 3.05) is 5.32 Å². The van der Waals surface area contributed by atoms with Crippen molar-refractivity contribution < 1.29 is 27.8 Å². The van der Waals surface area contributed by atoms with Gasteiger partial charge in [0.15, 0.2) is 0 Å². The SMILES string of the molecule is Cc1cc2c(cc1CC(=O)O)nc(Nc1ccc(OC(F)(F)F)cc1)n2C1CCCC(C)C1. The van der Waals surface area contributed by atoms with E-state index < -0.39 is 12.3 Å². The van der Waals surface area contributed by atoms with Crippen LogP contribution in [-0.2, 0) is 11.2 Å². The highest BCUT2D eigenvalue weighted by Gasteiger charge is 2.31. The maximum Gasteiger partial charge on any atom is 0.573 e. The molecule has 2 N–H and O–H groups in total. The number of aryl methyl sites for hydroxylation is 1. The van der Waals surface area contributed by atoms with Gasteiger partial charge in [-0.05, 0) is 73.2 Å². The molecule has 1 saturated carbocycles. The number of aromatic nitrogens is 2. The van der Waals surface area contributed by atoms with Crippen molar-refractivity contribution in [1.82, 2.24) is 9.55 Å². The van der Waals surface area contributed by atoms with Crippen LogP contribution in [0, 0.1) is 12.8 Å². The van der Waals surface area contributed by atoms with Crippen LogP contribution in [0.1, 0.15) is 49.8 Å². The van der Waals surface area contributed by atoms with Gasteiger partial charge in [-0.25, -0.2) is 4.98 Å². The van der Waals surface area contributed by atoms with E-state index in [-0.39, 0.29) is 18.2 Å². The van der Waals surface area contributed by atoms with Crippen LogP contribution < -0.4 is 10.1 Å². The van der Waals surface area contributed by atoms with Crippen molar-refractivity contribution in [3.8, 4) is 5.75 Å². The van der Waals surface area contributed by atoms with Crippen LogP contribution in [0.4, 0.5) is 24.8 Å². The van der Waals surface area contributed by atoms with Gasteiger partial charge in [-0.2, -0.15) is 0 Å². The Morgan fingerprint density at radius 2 is 1.97 bits per heavy atom. The molecule has 0 radical (unpaired) electrons. The number of rotatable bonds is 6. The summed E-state index contributed by atoms with van der Waals surface area (Å²) in [6, 6.07) is 9.53. The number of nitrogens with one attached hydrogen (secondary N) is 1. The summed E-state index contributed by atoms with van der Waals surface area (Å²) in [5.74, 6) is -0.0465. The lowest BCUT2D eigenvalue weighted by Crippen LogP contribution is -2.19. The number of carbonyl (C=O) groups is 1. The number of fused-ring (bicyclic) bond motifs is 1. The lowest BCUT2D eigenvalue weighted by molar-refractivity contribution is -0.274. The van der Waals surface area contributed by atoms with Crippen LogP contribution in [0.25, 0.3) is 11.0 Å². The topological polar surface area (TPSA) is 76.4 Å². The zero-order valence-corrected chi connectivity index (χ0v) is 18.4. The van der Waals surface area contributed by atoms with E-state index in [2.05, 4.69) is 21.5 Å². The van der Waals surface area contributed by atoms with Crippen molar-refractivity contribution in [3.05, 3.63) is 47.5 Å². The molecule has 1 aliphatic carbocycles. The summed E-state index contributed by atoms with van der Waals surface area (Å²) >= 11 is 0. The summed E-state index contributed by atoms with van der Waals surface area (Å²) in [5.41, 5.74) is 3.77. The van der Waals surface area contributed by atoms with Gasteiger partial charge in [-0.15, -0.1) is 13.2 Å². The Hall–Kier alpha value is -3.23. The molecule has 0 spiro atoms. The molecule has 0 bridgehead atoms. The third kappa shape index (κ3) is 5.40. The number of aliphatic carboxylic acids is 1. The maximum atomic E-state index is 12.5. The summed E-state index contributed by atoms with van der Waals surface area (Å²) < 4.78 is 43.5. The lowest BCUT2D eigenvalue weighted by Gasteiger charge is -2.29. The van der Waals surface area contributed by atoms with Crippen LogP contribution in [0.3, 0.4) is 0 Å². The highest BCUT2D eigenvalue weighted by Crippen LogP contribution is 2.38. The summed E-state index contributed by atoms with van der Waals surface area (Å²) in [7, 11) is 0. The average Bonchev–Trinajstić information content (AvgIpc) is 3.05. The second kappa shape index (κ2) is 8.96. The molecule has 0 amide bonds. The van der Waals surface area contributed by atoms with Gasteiger partial charge in [0.1, 0.15) is 5.75 Å². The van der Waals surface area contributed by atoms with Crippen molar-refractivity contribution in [1.29, 1.82) is 0 Å². The van der Waals surface area contributed by atoms with E-state index in [9.17, 15) is 23.1 Å². The second-order valence-electron chi connectivity index (χ2n) is 8.77. The molecule has 176 valence electrons. The Labute approximate surface area is 189 Å². The highest BCUT2D eigenvalue weighted by molar-refractivity contribution is 5.83. The molecular formula is C24H26F3N3O3. The van der Waals surface area contributed by atoms with E-state index in [1.807, 2.05) is 19.1 Å². The number of anilines is 2. The molecular weight excluding hydrogens is 435 g/mol. The zero-order valence-electron chi connectivity index (χ0n) is 18.4. The predicted octanol–water partition coefficient (Wildman–Crippen LogP) is 6.37. The normalized spacial score (nSPS) is 18.9. The molecule has 2 atom stereocenters. The van der Waals surface area contributed by atoms with Gasteiger partial charge in [0.05, 0.1) is 17.5 Å². The molecule has 3 aromatic rings. The van der Waals surface area contributed by atoms with E-state index in [0.29, 0.717) is 28.6 Å². The minimum Gasteiger partial charge on any atom is -0.481 e. The van der Waals surface area contributed by atoms with Gasteiger partial charge in [0.25, 0.3) is 0 Å². The number of hydrogen-bond donors (Lipinski definition) is 2. The molecule has 0 aliphatic heterocycles. The van der Waals surface area contributed by atoms with Gasteiger partial charge in [-0.1, -0.05) is 19.8 Å². The van der Waals surface area contributed by atoms with E-state index in [1.165, 1.54) is 30.7 Å². The van der Waals surface area contributed by atoms with Crippen molar-refractivity contribution >= 4 is 28.6 Å². The fraction of sp³-hybridized carbons (Fsp3) is 0.417. The fourth-order valence-corrected chi connectivity index (χ4v) is 4.61. The summed E-state index contributed by atoms with van der Waals surface area (Å²) in [6.07, 6.45) is -0.559. The Morgan fingerprint density at radius 1 is 1.24 bits per heavy atom. The second-order valence-corrected chi connectivity index (χ2v) is 8.77. The molecule has 33 heavy (non-hydrogen) atoms. The van der Waals surface area contributed by atoms with Gasteiger partial charge in [0.2, 0.25) is 5.95 Å². The molecule has 4 rings (SSSR count). The van der Waals surface area contributed by atoms with Crippen LogP contribution >= 0.6 is 0 Å². The number of hydrogen-bond acceptors (Lipinski definition) is 4. The van der Waals surface area contributed by atoms with Crippen LogP contribution in [-0.4, -0.2) is 27.0 Å². The average molecular weight is 461 g/mol. The Balaban J connectivity index is 1.72. The number of alkyl halides is 3. The molecule has 9 heteroatoms. The van der Waals surface area contributed by atoms with Crippen LogP contribution in [0.15, 0.2) is 36.4 Å². The number of nitrogens with zero attached hydrogens (tertiary/aromatic N) is 2. The minimum atomic E-state index is -4.74. The third-order valence-electron chi connectivity index (χ3n) is 6.11. The van der Waals surface area contributed by atoms with E-state index >= 15 is 0 Å². The standard InChI is InChI=1S/C24H26F3N3O3/c1-14-4-3-5-18(10-14)30-21-11-15(2)16(13-22(31)32)12-20(21)29-23(30)28-17-6-8-19(9-7-17)33-24(25,26)27/h6-9,11-12,14,18H,3-5,10,13H2,1-2H3,(H,28,29)(H,31,32). The molecule has 1 heterocycles. The molecule has 2 unspecified atom stereocenters. The van der Waals surface area contributed by atoms with E-state index in [1.54, 1.807) is 0 Å². The number of halogens is 3. The number of benzene rings is 2. The Kier molecular flexibility index (Phi) is 6.23. The molecule has 1 fully saturated rings. The van der Waals surface area contributed by atoms with Gasteiger partial charge in [0, 0.05) is 11.7 Å². The first kappa shape index (κ1) is 22.9. The predicted molar refractivity (Wildman–Crippen MR) is 119 cm³/mol. The molecule has 0 saturated heterocycles. The molecule has 2 aromatic carbocycles. The summed E-state index contributed by atoms with van der Waals surface area (Å²) in [5, 5.41) is 12.5. The maximum absolute atomic E-state index is 12.5. The summed E-state index contributed by atoms with van der Waals surface area (Å²) in [6.45, 7) is 4.12. The van der Waals surface area contributed by atoms with Crippen molar-refractivity contribution in [3.63, 3.8) is 0 Å². The van der Waals surface area contributed by atoms with Gasteiger partial charge < -0.3 is 19.7 Å². The first-order valence-corrected chi connectivity index (χ1v) is 10.9. The van der Waals surface area contributed by atoms with E-state index in [0.717, 1.165) is 30.3 Å². The first-order chi connectivity index (χ1) is 15.6. The largest absolute Gasteiger partial charge is 0.573 e. The smallest absolute Gasteiger partial charge is 0.481 e. The Morgan fingerprint density at radius 3 is 2.61 bits per heavy atom.